The lowest BCUT2D eigenvalue weighted by Crippen LogP contribution is -2.47. The maximum Gasteiger partial charge on any atom is 0.306 e. The van der Waals surface area contributed by atoms with Crippen LogP contribution in [0.2, 0.25) is 0 Å². The minimum Gasteiger partial charge on any atom is -0.466 e. The van der Waals surface area contributed by atoms with E-state index in [0.29, 0.717) is 31.5 Å². The Morgan fingerprint density at radius 1 is 1.13 bits per heavy atom. The van der Waals surface area contributed by atoms with Gasteiger partial charge in [-0.3, -0.25) is 4.79 Å². The van der Waals surface area contributed by atoms with Gasteiger partial charge in [-0.05, 0) is 79.3 Å². The molecule has 9 heteroatoms. The number of hydrogen-bond donors (Lipinski definition) is 0. The Balaban J connectivity index is 1.50. The number of rotatable bonds is 7. The number of aryl methyl sites for hydroxylation is 3. The third-order valence-corrected chi connectivity index (χ3v) is 10.5. The highest BCUT2D eigenvalue weighted by atomic mass is 32.2. The van der Waals surface area contributed by atoms with E-state index in [2.05, 4.69) is 16.4 Å². The van der Waals surface area contributed by atoms with E-state index < -0.39 is 10.0 Å². The molecule has 1 saturated carbocycles. The fraction of sp³-hybridized carbons (Fsp3) is 0.552. The van der Waals surface area contributed by atoms with Crippen molar-refractivity contribution in [2.75, 3.05) is 18.9 Å². The fourth-order valence-electron chi connectivity index (χ4n) is 6.35. The van der Waals surface area contributed by atoms with E-state index in [1.165, 1.54) is 6.42 Å². The van der Waals surface area contributed by atoms with Crippen LogP contribution in [0.1, 0.15) is 72.8 Å². The molecular weight excluding hydrogens is 500 g/mol. The second-order valence-corrected chi connectivity index (χ2v) is 13.0. The zero-order chi connectivity index (χ0) is 27.0. The number of sulfonamides is 1. The SMILES string of the molecule is CCOC(=O)CC(c1ccc(C)c(CN2CC3CCCCC3CS2(=O)=O)c1)c1ccc2c(nnn2C)c1C. The molecule has 3 aromatic rings. The maximum atomic E-state index is 13.2. The van der Waals surface area contributed by atoms with E-state index in [1.54, 1.807) is 8.99 Å². The molecule has 204 valence electrons. The molecule has 3 unspecified atom stereocenters. The Kier molecular flexibility index (Phi) is 7.60. The predicted molar refractivity (Wildman–Crippen MR) is 147 cm³/mol. The molecule has 3 atom stereocenters. The minimum absolute atomic E-state index is 0.189. The predicted octanol–water partition coefficient (Wildman–Crippen LogP) is 4.62. The monoisotopic (exact) mass is 538 g/mol. The zero-order valence-electron chi connectivity index (χ0n) is 22.8. The quantitative estimate of drug-likeness (QED) is 0.408. The van der Waals surface area contributed by atoms with E-state index in [9.17, 15) is 13.2 Å². The third-order valence-electron chi connectivity index (χ3n) is 8.58. The van der Waals surface area contributed by atoms with Gasteiger partial charge in [0.2, 0.25) is 10.0 Å². The van der Waals surface area contributed by atoms with Crippen molar-refractivity contribution in [2.45, 2.75) is 65.3 Å². The van der Waals surface area contributed by atoms with Gasteiger partial charge < -0.3 is 4.74 Å². The number of carbonyl (C=O) groups excluding carboxylic acids is 1. The molecule has 5 rings (SSSR count). The van der Waals surface area contributed by atoms with Crippen molar-refractivity contribution in [1.82, 2.24) is 19.3 Å². The summed E-state index contributed by atoms with van der Waals surface area (Å²) in [6.45, 7) is 7.13. The topological polar surface area (TPSA) is 94.4 Å². The minimum atomic E-state index is -3.31. The Labute approximate surface area is 225 Å². The van der Waals surface area contributed by atoms with Gasteiger partial charge in [0.15, 0.2) is 0 Å². The molecule has 1 aromatic heterocycles. The molecule has 8 nitrogen and oxygen atoms in total. The number of fused-ring (bicyclic) bond motifs is 2. The summed E-state index contributed by atoms with van der Waals surface area (Å²) in [6, 6.07) is 10.2. The summed E-state index contributed by atoms with van der Waals surface area (Å²) in [5, 5.41) is 8.52. The lowest BCUT2D eigenvalue weighted by Gasteiger charge is -2.40. The Morgan fingerprint density at radius 2 is 1.89 bits per heavy atom. The van der Waals surface area contributed by atoms with Gasteiger partial charge in [0.05, 0.1) is 24.3 Å². The largest absolute Gasteiger partial charge is 0.466 e. The van der Waals surface area contributed by atoms with Crippen LogP contribution in [0.4, 0.5) is 0 Å². The number of esters is 1. The van der Waals surface area contributed by atoms with E-state index in [4.69, 9.17) is 4.74 Å². The van der Waals surface area contributed by atoms with Crippen LogP contribution >= 0.6 is 0 Å². The third kappa shape index (κ3) is 5.23. The van der Waals surface area contributed by atoms with Crippen LogP contribution in [0, 0.1) is 25.7 Å². The van der Waals surface area contributed by atoms with Crippen LogP contribution in [-0.4, -0.2) is 52.6 Å². The summed E-state index contributed by atoms with van der Waals surface area (Å²) >= 11 is 0. The second-order valence-electron chi connectivity index (χ2n) is 11.0. The molecule has 2 heterocycles. The summed E-state index contributed by atoms with van der Waals surface area (Å²) in [5.41, 5.74) is 6.72. The van der Waals surface area contributed by atoms with Gasteiger partial charge >= 0.3 is 5.97 Å². The van der Waals surface area contributed by atoms with E-state index in [0.717, 1.165) is 58.1 Å². The molecule has 0 radical (unpaired) electrons. The average molecular weight is 539 g/mol. The van der Waals surface area contributed by atoms with Gasteiger partial charge in [-0.25, -0.2) is 13.1 Å². The Hall–Kier alpha value is -2.78. The van der Waals surface area contributed by atoms with Crippen molar-refractivity contribution in [3.63, 3.8) is 0 Å². The molecule has 38 heavy (non-hydrogen) atoms. The number of nitrogens with zero attached hydrogens (tertiary/aromatic N) is 4. The van der Waals surface area contributed by atoms with Crippen LogP contribution in [0.25, 0.3) is 11.0 Å². The number of carbonyl (C=O) groups is 1. The van der Waals surface area contributed by atoms with E-state index in [1.807, 2.05) is 52.1 Å². The fourth-order valence-corrected chi connectivity index (χ4v) is 8.29. The summed E-state index contributed by atoms with van der Waals surface area (Å²) in [5.74, 6) is 0.499. The van der Waals surface area contributed by atoms with Crippen LogP contribution in [0.3, 0.4) is 0 Å². The van der Waals surface area contributed by atoms with Gasteiger partial charge in [0, 0.05) is 26.1 Å². The van der Waals surface area contributed by atoms with E-state index >= 15 is 0 Å². The van der Waals surface area contributed by atoms with Crippen molar-refractivity contribution < 1.29 is 17.9 Å². The normalized spacial score (nSPS) is 22.2. The first-order valence-corrected chi connectivity index (χ1v) is 15.3. The number of benzene rings is 2. The lowest BCUT2D eigenvalue weighted by atomic mass is 9.80. The smallest absolute Gasteiger partial charge is 0.306 e. The first-order valence-electron chi connectivity index (χ1n) is 13.7. The average Bonchev–Trinajstić information content (AvgIpc) is 3.26. The van der Waals surface area contributed by atoms with Gasteiger partial charge in [-0.2, -0.15) is 4.31 Å². The van der Waals surface area contributed by atoms with E-state index in [-0.39, 0.29) is 24.1 Å². The first kappa shape index (κ1) is 26.8. The van der Waals surface area contributed by atoms with Crippen LogP contribution in [0.15, 0.2) is 30.3 Å². The van der Waals surface area contributed by atoms with Crippen LogP contribution in [-0.2, 0) is 33.1 Å². The molecule has 2 aliphatic rings. The summed E-state index contributed by atoms with van der Waals surface area (Å²) in [6.07, 6.45) is 4.65. The molecule has 1 aliphatic carbocycles. The number of hydrogen-bond acceptors (Lipinski definition) is 6. The maximum absolute atomic E-state index is 13.2. The molecule has 2 aromatic carbocycles. The molecule has 1 aliphatic heterocycles. The molecule has 0 amide bonds. The second kappa shape index (κ2) is 10.8. The zero-order valence-corrected chi connectivity index (χ0v) is 23.6. The summed E-state index contributed by atoms with van der Waals surface area (Å²) in [7, 11) is -1.45. The molecule has 0 N–H and O–H groups in total. The highest BCUT2D eigenvalue weighted by Gasteiger charge is 2.39. The van der Waals surface area contributed by atoms with Gasteiger partial charge in [-0.1, -0.05) is 42.3 Å². The van der Waals surface area contributed by atoms with Gasteiger partial charge in [0.1, 0.15) is 5.52 Å². The van der Waals surface area contributed by atoms with Crippen molar-refractivity contribution >= 4 is 27.0 Å². The molecule has 1 saturated heterocycles. The number of aromatic nitrogens is 3. The summed E-state index contributed by atoms with van der Waals surface area (Å²) in [4.78, 5) is 12.7. The number of ether oxygens (including phenoxy) is 1. The van der Waals surface area contributed by atoms with Crippen molar-refractivity contribution in [1.29, 1.82) is 0 Å². The highest BCUT2D eigenvalue weighted by Crippen LogP contribution is 2.38. The Morgan fingerprint density at radius 3 is 2.66 bits per heavy atom. The van der Waals surface area contributed by atoms with Gasteiger partial charge in [0.25, 0.3) is 0 Å². The van der Waals surface area contributed by atoms with Crippen molar-refractivity contribution in [3.8, 4) is 0 Å². The standard InChI is InChI=1S/C29H38N4O4S/c1-5-37-28(34)15-26(25-12-13-27-29(20(25)3)30-31-32(27)4)21-11-10-19(2)24(14-21)17-33-16-22-8-6-7-9-23(22)18-38(33,35)36/h10-14,22-23,26H,5-9,15-18H2,1-4H3. The van der Waals surface area contributed by atoms with Crippen molar-refractivity contribution in [3.05, 3.63) is 58.1 Å². The Bertz CT molecular complexity index is 1450. The van der Waals surface area contributed by atoms with Crippen molar-refractivity contribution in [2.24, 2.45) is 18.9 Å². The molecular formula is C29H38N4O4S. The molecule has 0 bridgehead atoms. The molecule has 0 spiro atoms. The van der Waals surface area contributed by atoms with Crippen LogP contribution < -0.4 is 0 Å². The molecule has 2 fully saturated rings. The van der Waals surface area contributed by atoms with Crippen LogP contribution in [0.5, 0.6) is 0 Å². The lowest BCUT2D eigenvalue weighted by molar-refractivity contribution is -0.143. The first-order chi connectivity index (χ1) is 18.2. The van der Waals surface area contributed by atoms with Gasteiger partial charge in [-0.15, -0.1) is 5.10 Å². The highest BCUT2D eigenvalue weighted by molar-refractivity contribution is 7.89. The summed E-state index contributed by atoms with van der Waals surface area (Å²) < 4.78 is 35.2.